The minimum atomic E-state index is 0.454. The summed E-state index contributed by atoms with van der Waals surface area (Å²) in [4.78, 5) is 4.09. The number of hydrogen-bond acceptors (Lipinski definition) is 3. The lowest BCUT2D eigenvalue weighted by Crippen LogP contribution is -2.34. The normalized spacial score (nSPS) is 18.1. The summed E-state index contributed by atoms with van der Waals surface area (Å²) in [6, 6.07) is 9.33. The van der Waals surface area contributed by atoms with Crippen LogP contribution in [0.15, 0.2) is 34.1 Å². The molecule has 0 bridgehead atoms. The van der Waals surface area contributed by atoms with E-state index in [1.807, 2.05) is 18.4 Å². The summed E-state index contributed by atoms with van der Waals surface area (Å²) in [6.45, 7) is 4.32. The van der Waals surface area contributed by atoms with Gasteiger partial charge in [-0.05, 0) is 55.1 Å². The zero-order valence-corrected chi connectivity index (χ0v) is 14.2. The molecule has 0 radical (unpaired) electrons. The smallest absolute Gasteiger partial charge is 0.0525 e. The van der Waals surface area contributed by atoms with Crippen molar-refractivity contribution in [3.05, 3.63) is 50.1 Å². The van der Waals surface area contributed by atoms with Gasteiger partial charge in [0.25, 0.3) is 0 Å². The molecule has 1 aromatic carbocycles. The Morgan fingerprint density at radius 2 is 2.25 bits per heavy atom. The van der Waals surface area contributed by atoms with Gasteiger partial charge in [0.05, 0.1) is 6.04 Å². The summed E-state index contributed by atoms with van der Waals surface area (Å²) >= 11 is 5.51. The lowest BCUT2D eigenvalue weighted by Gasteiger charge is -2.37. The monoisotopic (exact) mass is 350 g/mol. The highest BCUT2D eigenvalue weighted by molar-refractivity contribution is 9.10. The Morgan fingerprint density at radius 3 is 3.05 bits per heavy atom. The van der Waals surface area contributed by atoms with Gasteiger partial charge in [-0.25, -0.2) is 0 Å². The fourth-order valence-corrected chi connectivity index (χ4v) is 4.29. The minimum absolute atomic E-state index is 0.454. The lowest BCUT2D eigenvalue weighted by molar-refractivity contribution is 0.627. The molecule has 3 rings (SSSR count). The zero-order chi connectivity index (χ0) is 14.1. The molecule has 1 aliphatic rings. The molecule has 2 nitrogen and oxygen atoms in total. The highest BCUT2D eigenvalue weighted by Crippen LogP contribution is 2.38. The molecule has 1 aromatic heterocycles. The van der Waals surface area contributed by atoms with E-state index in [9.17, 15) is 0 Å². The summed E-state index contributed by atoms with van der Waals surface area (Å²) in [5.41, 5.74) is 4.20. The number of anilines is 1. The van der Waals surface area contributed by atoms with Crippen LogP contribution in [0, 0.1) is 0 Å². The first kappa shape index (κ1) is 14.1. The molecule has 0 fully saturated rings. The van der Waals surface area contributed by atoms with Crippen LogP contribution in [0.1, 0.15) is 29.0 Å². The van der Waals surface area contributed by atoms with Crippen LogP contribution < -0.4 is 10.2 Å². The van der Waals surface area contributed by atoms with Crippen molar-refractivity contribution in [2.75, 3.05) is 18.5 Å². The molecule has 4 heteroatoms. The minimum Gasteiger partial charge on any atom is -0.364 e. The second-order valence-corrected chi connectivity index (χ2v) is 7.14. The van der Waals surface area contributed by atoms with Gasteiger partial charge in [-0.1, -0.05) is 22.0 Å². The Bertz CT molecular complexity index is 608. The van der Waals surface area contributed by atoms with Crippen molar-refractivity contribution in [2.45, 2.75) is 25.9 Å². The fourth-order valence-electron chi connectivity index (χ4n) is 2.98. The van der Waals surface area contributed by atoms with Crippen LogP contribution in [0.2, 0.25) is 0 Å². The second kappa shape index (κ2) is 5.88. The summed E-state index contributed by atoms with van der Waals surface area (Å²) in [5.74, 6) is 0. The third-order valence-electron chi connectivity index (χ3n) is 4.00. The van der Waals surface area contributed by atoms with Gasteiger partial charge in [0, 0.05) is 28.1 Å². The summed E-state index contributed by atoms with van der Waals surface area (Å²) in [6.07, 6.45) is 1.16. The number of fused-ring (bicyclic) bond motifs is 1. The van der Waals surface area contributed by atoms with Crippen LogP contribution in [0.3, 0.4) is 0 Å². The molecule has 1 atom stereocenters. The average Bonchev–Trinajstić information content (AvgIpc) is 2.91. The number of benzene rings is 1. The third-order valence-corrected chi connectivity index (χ3v) is 5.49. The van der Waals surface area contributed by atoms with Gasteiger partial charge < -0.3 is 10.2 Å². The summed E-state index contributed by atoms with van der Waals surface area (Å²) in [7, 11) is 2.00. The van der Waals surface area contributed by atoms with Crippen molar-refractivity contribution in [2.24, 2.45) is 0 Å². The Balaban J connectivity index is 1.99. The molecular formula is C16H19BrN2S. The first-order valence-corrected chi connectivity index (χ1v) is 8.64. The molecular weight excluding hydrogens is 332 g/mol. The van der Waals surface area contributed by atoms with Crippen LogP contribution in [0.5, 0.6) is 0 Å². The molecule has 1 unspecified atom stereocenters. The van der Waals surface area contributed by atoms with Gasteiger partial charge in [0.2, 0.25) is 0 Å². The van der Waals surface area contributed by atoms with Crippen LogP contribution in [-0.4, -0.2) is 13.6 Å². The fraction of sp³-hybridized carbons (Fsp3) is 0.375. The third kappa shape index (κ3) is 2.52. The molecule has 20 heavy (non-hydrogen) atoms. The van der Waals surface area contributed by atoms with Gasteiger partial charge in [0.15, 0.2) is 0 Å². The van der Waals surface area contributed by atoms with Crippen molar-refractivity contribution in [3.8, 4) is 0 Å². The van der Waals surface area contributed by atoms with Gasteiger partial charge >= 0.3 is 0 Å². The van der Waals surface area contributed by atoms with E-state index in [2.05, 4.69) is 62.7 Å². The Kier molecular flexibility index (Phi) is 4.15. The van der Waals surface area contributed by atoms with E-state index in [0.29, 0.717) is 6.04 Å². The van der Waals surface area contributed by atoms with Gasteiger partial charge in [-0.15, -0.1) is 11.3 Å². The number of halogens is 1. The zero-order valence-electron chi connectivity index (χ0n) is 11.8. The van der Waals surface area contributed by atoms with Crippen molar-refractivity contribution in [3.63, 3.8) is 0 Å². The van der Waals surface area contributed by atoms with Crippen LogP contribution in [-0.2, 0) is 13.0 Å². The SMILES string of the molecule is CNCc1ccc(Br)cc1N1CCc2sccc2C1C. The van der Waals surface area contributed by atoms with E-state index < -0.39 is 0 Å². The molecule has 0 aliphatic carbocycles. The maximum absolute atomic E-state index is 3.61. The predicted octanol–water partition coefficient (Wildman–Crippen LogP) is 4.35. The molecule has 106 valence electrons. The molecule has 2 aromatic rings. The van der Waals surface area contributed by atoms with Gasteiger partial charge in [-0.2, -0.15) is 0 Å². The van der Waals surface area contributed by atoms with E-state index in [4.69, 9.17) is 0 Å². The maximum atomic E-state index is 3.61. The van der Waals surface area contributed by atoms with Crippen molar-refractivity contribution in [1.29, 1.82) is 0 Å². The van der Waals surface area contributed by atoms with E-state index in [1.165, 1.54) is 16.8 Å². The van der Waals surface area contributed by atoms with E-state index in [-0.39, 0.29) is 0 Å². The van der Waals surface area contributed by atoms with E-state index >= 15 is 0 Å². The Hall–Kier alpha value is -0.840. The largest absolute Gasteiger partial charge is 0.364 e. The molecule has 0 saturated heterocycles. The van der Waals surface area contributed by atoms with E-state index in [1.54, 1.807) is 4.88 Å². The topological polar surface area (TPSA) is 15.3 Å². The number of nitrogens with one attached hydrogen (secondary N) is 1. The maximum Gasteiger partial charge on any atom is 0.0525 e. The first-order chi connectivity index (χ1) is 9.70. The van der Waals surface area contributed by atoms with Gasteiger partial charge in [0.1, 0.15) is 0 Å². The highest BCUT2D eigenvalue weighted by atomic mass is 79.9. The number of nitrogens with zero attached hydrogens (tertiary/aromatic N) is 1. The highest BCUT2D eigenvalue weighted by Gasteiger charge is 2.26. The van der Waals surface area contributed by atoms with Crippen LogP contribution in [0.25, 0.3) is 0 Å². The van der Waals surface area contributed by atoms with Crippen LogP contribution in [0.4, 0.5) is 5.69 Å². The predicted molar refractivity (Wildman–Crippen MR) is 90.7 cm³/mol. The number of hydrogen-bond donors (Lipinski definition) is 1. The molecule has 1 N–H and O–H groups in total. The molecule has 2 heterocycles. The number of thiophene rings is 1. The quantitative estimate of drug-likeness (QED) is 0.884. The molecule has 0 spiro atoms. The molecule has 0 saturated carbocycles. The molecule has 1 aliphatic heterocycles. The van der Waals surface area contributed by atoms with Crippen LogP contribution >= 0.6 is 27.3 Å². The average molecular weight is 351 g/mol. The van der Waals surface area contributed by atoms with Crippen molar-refractivity contribution < 1.29 is 0 Å². The molecule has 0 amide bonds. The lowest BCUT2D eigenvalue weighted by atomic mass is 9.99. The number of rotatable bonds is 3. The Labute approximate surface area is 132 Å². The summed E-state index contributed by atoms with van der Waals surface area (Å²) < 4.78 is 1.15. The van der Waals surface area contributed by atoms with E-state index in [0.717, 1.165) is 24.0 Å². The first-order valence-electron chi connectivity index (χ1n) is 6.96. The Morgan fingerprint density at radius 1 is 1.40 bits per heavy atom. The van der Waals surface area contributed by atoms with Crippen molar-refractivity contribution in [1.82, 2.24) is 5.32 Å². The van der Waals surface area contributed by atoms with Gasteiger partial charge in [-0.3, -0.25) is 0 Å². The summed E-state index contributed by atoms with van der Waals surface area (Å²) in [5, 5.41) is 5.49. The second-order valence-electron chi connectivity index (χ2n) is 5.22. The van der Waals surface area contributed by atoms with Crippen molar-refractivity contribution >= 4 is 33.0 Å². The standard InChI is InChI=1S/C16H19BrN2S/c1-11-14-6-8-20-16(14)5-7-19(11)15-9-13(17)4-3-12(15)10-18-2/h3-4,6,8-9,11,18H,5,7,10H2,1-2H3.